The fourth-order valence-corrected chi connectivity index (χ4v) is 5.60. The molecule has 1 aliphatic rings. The summed E-state index contributed by atoms with van der Waals surface area (Å²) in [5.41, 5.74) is 1.70. The first-order valence-electron chi connectivity index (χ1n) is 9.01. The second-order valence-corrected chi connectivity index (χ2v) is 9.98. The number of aryl methyl sites for hydroxylation is 2. The van der Waals surface area contributed by atoms with E-state index in [1.54, 1.807) is 16.4 Å². The Hall–Kier alpha value is -1.72. The topological polar surface area (TPSA) is 89.4 Å². The first-order chi connectivity index (χ1) is 13.3. The van der Waals surface area contributed by atoms with Gasteiger partial charge in [-0.05, 0) is 78.6 Å². The number of sulfonamides is 1. The standard InChI is InChI=1S/C19H20IN3O4S/c1-12-3-4-13(2)16(11-12)28(24,25)23-9-7-14(8-10-23)19-21-18(22-27-19)15-5-6-17(20)26-15/h3-6,11,14H,7-10H2,1-2H3. The smallest absolute Gasteiger partial charge is 0.243 e. The van der Waals surface area contributed by atoms with Crippen molar-refractivity contribution in [1.29, 1.82) is 0 Å². The lowest BCUT2D eigenvalue weighted by atomic mass is 9.98. The number of nitrogens with zero attached hydrogens (tertiary/aromatic N) is 3. The minimum atomic E-state index is -3.50. The van der Waals surface area contributed by atoms with Gasteiger partial charge in [0.15, 0.2) is 9.53 Å². The monoisotopic (exact) mass is 513 g/mol. The first kappa shape index (κ1) is 19.6. The molecule has 7 nitrogen and oxygen atoms in total. The van der Waals surface area contributed by atoms with E-state index in [1.165, 1.54) is 0 Å². The molecule has 1 aliphatic heterocycles. The Balaban J connectivity index is 1.47. The summed E-state index contributed by atoms with van der Waals surface area (Å²) in [5.74, 6) is 1.56. The summed E-state index contributed by atoms with van der Waals surface area (Å²) in [5, 5.41) is 4.00. The molecule has 2 aromatic heterocycles. The van der Waals surface area contributed by atoms with Crippen LogP contribution in [0.5, 0.6) is 0 Å². The lowest BCUT2D eigenvalue weighted by Crippen LogP contribution is -2.38. The third kappa shape index (κ3) is 3.74. The first-order valence-corrected chi connectivity index (χ1v) is 11.5. The van der Waals surface area contributed by atoms with Crippen molar-refractivity contribution in [3.8, 4) is 11.6 Å². The van der Waals surface area contributed by atoms with E-state index in [1.807, 2.05) is 32.0 Å². The Morgan fingerprint density at radius 3 is 2.57 bits per heavy atom. The number of furan rings is 1. The minimum Gasteiger partial charge on any atom is -0.447 e. The van der Waals surface area contributed by atoms with Gasteiger partial charge in [0.2, 0.25) is 21.7 Å². The molecule has 1 aromatic carbocycles. The average Bonchev–Trinajstić information content (AvgIpc) is 3.33. The van der Waals surface area contributed by atoms with E-state index in [0.717, 1.165) is 14.9 Å². The number of aromatic nitrogens is 2. The molecule has 4 rings (SSSR count). The summed E-state index contributed by atoms with van der Waals surface area (Å²) in [4.78, 5) is 4.83. The van der Waals surface area contributed by atoms with Gasteiger partial charge in [-0.3, -0.25) is 0 Å². The quantitative estimate of drug-likeness (QED) is 0.488. The molecule has 0 atom stereocenters. The molecule has 0 saturated carbocycles. The van der Waals surface area contributed by atoms with E-state index < -0.39 is 10.0 Å². The van der Waals surface area contributed by atoms with Crippen molar-refractivity contribution in [2.24, 2.45) is 0 Å². The zero-order valence-electron chi connectivity index (χ0n) is 15.6. The highest BCUT2D eigenvalue weighted by Crippen LogP contribution is 2.32. The van der Waals surface area contributed by atoms with E-state index >= 15 is 0 Å². The fraction of sp³-hybridized carbons (Fsp3) is 0.368. The summed E-state index contributed by atoms with van der Waals surface area (Å²) in [6.07, 6.45) is 1.28. The second-order valence-electron chi connectivity index (χ2n) is 7.01. The number of hydrogen-bond donors (Lipinski definition) is 0. The Morgan fingerprint density at radius 1 is 1.14 bits per heavy atom. The van der Waals surface area contributed by atoms with Gasteiger partial charge >= 0.3 is 0 Å². The van der Waals surface area contributed by atoms with Crippen LogP contribution in [0.15, 0.2) is 44.2 Å². The molecule has 28 heavy (non-hydrogen) atoms. The lowest BCUT2D eigenvalue weighted by Gasteiger charge is -2.30. The van der Waals surface area contributed by atoms with Crippen molar-refractivity contribution >= 4 is 32.6 Å². The predicted molar refractivity (Wildman–Crippen MR) is 111 cm³/mol. The van der Waals surface area contributed by atoms with Gasteiger partial charge in [0.25, 0.3) is 0 Å². The SMILES string of the molecule is Cc1ccc(C)c(S(=O)(=O)N2CCC(c3nc(-c4ccc(I)o4)no3)CC2)c1. The van der Waals surface area contributed by atoms with Crippen LogP contribution in [-0.2, 0) is 10.0 Å². The molecule has 0 amide bonds. The highest BCUT2D eigenvalue weighted by molar-refractivity contribution is 14.1. The van der Waals surface area contributed by atoms with E-state index in [4.69, 9.17) is 8.94 Å². The van der Waals surface area contributed by atoms with Crippen LogP contribution < -0.4 is 0 Å². The van der Waals surface area contributed by atoms with Gasteiger partial charge in [0, 0.05) is 19.0 Å². The maximum atomic E-state index is 13.1. The zero-order valence-corrected chi connectivity index (χ0v) is 18.5. The molecule has 0 radical (unpaired) electrons. The zero-order chi connectivity index (χ0) is 19.9. The van der Waals surface area contributed by atoms with Crippen LogP contribution in [0.3, 0.4) is 0 Å². The predicted octanol–water partition coefficient (Wildman–Crippen LogP) is 4.12. The van der Waals surface area contributed by atoms with Crippen LogP contribution in [0.2, 0.25) is 0 Å². The Kier molecular flexibility index (Phi) is 5.32. The Bertz CT molecular complexity index is 1100. The molecule has 3 aromatic rings. The number of rotatable bonds is 4. The van der Waals surface area contributed by atoms with Crippen LogP contribution in [0.1, 0.15) is 35.8 Å². The van der Waals surface area contributed by atoms with Crippen LogP contribution >= 0.6 is 22.6 Å². The van der Waals surface area contributed by atoms with Crippen molar-refractivity contribution in [2.45, 2.75) is 37.5 Å². The summed E-state index contributed by atoms with van der Waals surface area (Å²) in [6, 6.07) is 9.16. The van der Waals surface area contributed by atoms with Gasteiger partial charge in [-0.1, -0.05) is 17.3 Å². The van der Waals surface area contributed by atoms with Gasteiger partial charge < -0.3 is 8.94 Å². The van der Waals surface area contributed by atoms with Crippen molar-refractivity contribution in [3.05, 3.63) is 51.1 Å². The minimum absolute atomic E-state index is 0.0420. The van der Waals surface area contributed by atoms with Crippen molar-refractivity contribution in [3.63, 3.8) is 0 Å². The van der Waals surface area contributed by atoms with E-state index in [9.17, 15) is 8.42 Å². The number of hydrogen-bond acceptors (Lipinski definition) is 6. The Labute approximate surface area is 177 Å². The van der Waals surface area contributed by atoms with Crippen LogP contribution in [0.4, 0.5) is 0 Å². The maximum absolute atomic E-state index is 13.1. The van der Waals surface area contributed by atoms with Gasteiger partial charge in [-0.15, -0.1) is 0 Å². The summed E-state index contributed by atoms with van der Waals surface area (Å²) >= 11 is 2.08. The average molecular weight is 513 g/mol. The lowest BCUT2D eigenvalue weighted by molar-refractivity contribution is 0.270. The van der Waals surface area contributed by atoms with Gasteiger partial charge in [0.05, 0.1) is 4.90 Å². The summed E-state index contributed by atoms with van der Waals surface area (Å²) in [6.45, 7) is 4.58. The molecule has 0 N–H and O–H groups in total. The van der Waals surface area contributed by atoms with Crippen molar-refractivity contribution in [1.82, 2.24) is 14.4 Å². The summed E-state index contributed by atoms with van der Waals surface area (Å²) < 4.78 is 39.4. The second kappa shape index (κ2) is 7.60. The largest absolute Gasteiger partial charge is 0.447 e. The molecule has 148 valence electrons. The van der Waals surface area contributed by atoms with Gasteiger partial charge in [-0.25, -0.2) is 8.42 Å². The molecule has 9 heteroatoms. The normalized spacial score (nSPS) is 16.5. The van der Waals surface area contributed by atoms with Crippen molar-refractivity contribution < 1.29 is 17.4 Å². The van der Waals surface area contributed by atoms with Crippen LogP contribution in [0, 0.1) is 17.6 Å². The fourth-order valence-electron chi connectivity index (χ4n) is 3.40. The molecule has 0 bridgehead atoms. The van der Waals surface area contributed by atoms with E-state index in [0.29, 0.717) is 48.3 Å². The molecule has 0 unspecified atom stereocenters. The van der Waals surface area contributed by atoms with Gasteiger partial charge in [0.1, 0.15) is 0 Å². The molecule has 0 aliphatic carbocycles. The molecule has 1 fully saturated rings. The van der Waals surface area contributed by atoms with E-state index in [-0.39, 0.29) is 5.92 Å². The number of halogens is 1. The number of benzene rings is 1. The van der Waals surface area contributed by atoms with Crippen LogP contribution in [-0.4, -0.2) is 36.0 Å². The molecule has 0 spiro atoms. The highest BCUT2D eigenvalue weighted by Gasteiger charge is 2.33. The maximum Gasteiger partial charge on any atom is 0.243 e. The van der Waals surface area contributed by atoms with Gasteiger partial charge in [-0.2, -0.15) is 9.29 Å². The molecular formula is C19H20IN3O4S. The third-order valence-corrected chi connectivity index (χ3v) is 7.62. The molecule has 1 saturated heterocycles. The van der Waals surface area contributed by atoms with Crippen molar-refractivity contribution in [2.75, 3.05) is 13.1 Å². The number of piperidine rings is 1. The molecule has 3 heterocycles. The third-order valence-electron chi connectivity index (χ3n) is 5.00. The molecular weight excluding hydrogens is 493 g/mol. The summed E-state index contributed by atoms with van der Waals surface area (Å²) in [7, 11) is -3.50. The van der Waals surface area contributed by atoms with Crippen LogP contribution in [0.25, 0.3) is 11.6 Å². The highest BCUT2D eigenvalue weighted by atomic mass is 127. The Morgan fingerprint density at radius 2 is 1.89 bits per heavy atom. The van der Waals surface area contributed by atoms with E-state index in [2.05, 4.69) is 32.7 Å².